The van der Waals surface area contributed by atoms with Crippen LogP contribution in [0.15, 0.2) is 103 Å². The van der Waals surface area contributed by atoms with Gasteiger partial charge < -0.3 is 14.2 Å². The Kier molecular flexibility index (Phi) is 8.31. The van der Waals surface area contributed by atoms with Crippen molar-refractivity contribution in [2.24, 2.45) is 0 Å². The van der Waals surface area contributed by atoms with Crippen LogP contribution in [0.2, 0.25) is 5.02 Å². The molecule has 1 aliphatic heterocycles. The topological polar surface area (TPSA) is 94.2 Å². The van der Waals surface area contributed by atoms with Crippen molar-refractivity contribution in [3.63, 3.8) is 0 Å². The Hall–Kier alpha value is -5.08. The second-order valence-corrected chi connectivity index (χ2v) is 9.46. The molecule has 206 valence electrons. The number of barbiturate groups is 1. The molecule has 1 fully saturated rings. The maximum Gasteiger partial charge on any atom is 0.335 e. The summed E-state index contributed by atoms with van der Waals surface area (Å²) >= 11 is 6.24. The fourth-order valence-electron chi connectivity index (χ4n) is 4.21. The number of methoxy groups -OCH3 is 1. The minimum absolute atomic E-state index is 0.155. The molecule has 4 aromatic rings. The molecule has 0 spiro atoms. The van der Waals surface area contributed by atoms with Crippen LogP contribution in [0.4, 0.5) is 10.5 Å². The van der Waals surface area contributed by atoms with Gasteiger partial charge in [0, 0.05) is 10.6 Å². The molecule has 41 heavy (non-hydrogen) atoms. The predicted molar refractivity (Wildman–Crippen MR) is 155 cm³/mol. The predicted octanol–water partition coefficient (Wildman–Crippen LogP) is 6.17. The molecular formula is C32H25ClN2O6. The number of anilines is 1. The molecule has 0 aromatic heterocycles. The van der Waals surface area contributed by atoms with Gasteiger partial charge in [0.15, 0.2) is 11.5 Å². The number of para-hydroxylation sites is 1. The van der Waals surface area contributed by atoms with Crippen LogP contribution in [0, 0.1) is 0 Å². The maximum absolute atomic E-state index is 13.2. The van der Waals surface area contributed by atoms with E-state index in [1.54, 1.807) is 55.6 Å². The van der Waals surface area contributed by atoms with Gasteiger partial charge >= 0.3 is 6.03 Å². The second kappa shape index (κ2) is 12.4. The Bertz CT molecular complexity index is 1620. The van der Waals surface area contributed by atoms with E-state index in [-0.39, 0.29) is 12.2 Å². The highest BCUT2D eigenvalue weighted by molar-refractivity contribution is 6.39. The zero-order valence-corrected chi connectivity index (χ0v) is 22.8. The summed E-state index contributed by atoms with van der Waals surface area (Å²) < 4.78 is 17.5. The van der Waals surface area contributed by atoms with Crippen molar-refractivity contribution >= 4 is 41.2 Å². The molecule has 9 heteroatoms. The summed E-state index contributed by atoms with van der Waals surface area (Å²) in [6, 6.07) is 27.7. The fraction of sp³-hybridized carbons (Fsp3) is 0.0938. The molecule has 1 saturated heterocycles. The molecule has 0 saturated carbocycles. The van der Waals surface area contributed by atoms with Crippen LogP contribution >= 0.6 is 11.6 Å². The average Bonchev–Trinajstić information content (AvgIpc) is 2.99. The van der Waals surface area contributed by atoms with Gasteiger partial charge in [-0.2, -0.15) is 0 Å². The highest BCUT2D eigenvalue weighted by Crippen LogP contribution is 2.31. The van der Waals surface area contributed by atoms with Crippen LogP contribution in [0.5, 0.6) is 17.2 Å². The number of carbonyl (C=O) groups is 3. The first-order chi connectivity index (χ1) is 19.9. The van der Waals surface area contributed by atoms with E-state index < -0.39 is 17.8 Å². The van der Waals surface area contributed by atoms with E-state index >= 15 is 0 Å². The zero-order valence-electron chi connectivity index (χ0n) is 22.0. The number of hydrogen-bond donors (Lipinski definition) is 1. The summed E-state index contributed by atoms with van der Waals surface area (Å²) in [6.07, 6.45) is 1.36. The van der Waals surface area contributed by atoms with E-state index in [0.717, 1.165) is 16.0 Å². The molecule has 8 nitrogen and oxygen atoms in total. The number of carbonyl (C=O) groups excluding carboxylic acids is 3. The largest absolute Gasteiger partial charge is 0.493 e. The minimum atomic E-state index is -0.823. The number of halogens is 1. The van der Waals surface area contributed by atoms with Crippen molar-refractivity contribution in [1.82, 2.24) is 5.32 Å². The van der Waals surface area contributed by atoms with Gasteiger partial charge in [-0.15, -0.1) is 0 Å². The van der Waals surface area contributed by atoms with Gasteiger partial charge in [-0.3, -0.25) is 14.9 Å². The smallest absolute Gasteiger partial charge is 0.335 e. The van der Waals surface area contributed by atoms with E-state index in [4.69, 9.17) is 25.8 Å². The fourth-order valence-corrected chi connectivity index (χ4v) is 4.39. The summed E-state index contributed by atoms with van der Waals surface area (Å²) in [5.41, 5.74) is 2.33. The number of rotatable bonds is 9. The molecule has 1 N–H and O–H groups in total. The number of nitrogens with one attached hydrogen (secondary N) is 1. The molecular weight excluding hydrogens is 544 g/mol. The van der Waals surface area contributed by atoms with Crippen LogP contribution < -0.4 is 24.4 Å². The van der Waals surface area contributed by atoms with Gasteiger partial charge in [0.05, 0.1) is 12.8 Å². The van der Waals surface area contributed by atoms with Crippen molar-refractivity contribution in [2.45, 2.75) is 13.2 Å². The minimum Gasteiger partial charge on any atom is -0.493 e. The van der Waals surface area contributed by atoms with E-state index in [2.05, 4.69) is 5.32 Å². The normalized spacial score (nSPS) is 14.1. The van der Waals surface area contributed by atoms with Crippen LogP contribution in [-0.2, 0) is 22.8 Å². The number of nitrogens with zero attached hydrogens (tertiary/aromatic N) is 1. The first-order valence-electron chi connectivity index (χ1n) is 12.7. The van der Waals surface area contributed by atoms with Gasteiger partial charge in [-0.25, -0.2) is 9.69 Å². The lowest BCUT2D eigenvalue weighted by Gasteiger charge is -2.26. The number of ether oxygens (including phenoxy) is 3. The van der Waals surface area contributed by atoms with E-state index in [9.17, 15) is 14.4 Å². The van der Waals surface area contributed by atoms with E-state index in [0.29, 0.717) is 40.1 Å². The van der Waals surface area contributed by atoms with Gasteiger partial charge in [-0.1, -0.05) is 66.2 Å². The van der Waals surface area contributed by atoms with E-state index in [1.807, 2.05) is 48.5 Å². The van der Waals surface area contributed by atoms with Crippen LogP contribution in [0.1, 0.15) is 16.7 Å². The van der Waals surface area contributed by atoms with Crippen molar-refractivity contribution in [3.8, 4) is 17.2 Å². The molecule has 0 atom stereocenters. The SMILES string of the molecule is COc1cc(COc2ccc(Cl)cc2/C=C2/C(=O)NC(=O)N(c3ccccc3)C2=O)ccc1OCc1ccccc1. The summed E-state index contributed by atoms with van der Waals surface area (Å²) in [6.45, 7) is 0.553. The van der Waals surface area contributed by atoms with Crippen LogP contribution in [0.3, 0.4) is 0 Å². The third-order valence-corrected chi connectivity index (χ3v) is 6.48. The number of imide groups is 2. The molecule has 4 aromatic carbocycles. The van der Waals surface area contributed by atoms with Crippen LogP contribution in [0.25, 0.3) is 6.08 Å². The summed E-state index contributed by atoms with van der Waals surface area (Å²) in [5.74, 6) is -0.0401. The lowest BCUT2D eigenvalue weighted by atomic mass is 10.1. The molecule has 0 radical (unpaired) electrons. The maximum atomic E-state index is 13.2. The van der Waals surface area contributed by atoms with Gasteiger partial charge in [-0.05, 0) is 59.7 Å². The van der Waals surface area contributed by atoms with Crippen molar-refractivity contribution in [2.75, 3.05) is 12.0 Å². The number of amides is 4. The zero-order chi connectivity index (χ0) is 28.8. The van der Waals surface area contributed by atoms with Crippen molar-refractivity contribution < 1.29 is 28.6 Å². The van der Waals surface area contributed by atoms with Crippen molar-refractivity contribution in [1.29, 1.82) is 0 Å². The molecule has 0 aliphatic carbocycles. The lowest BCUT2D eigenvalue weighted by molar-refractivity contribution is -0.122. The molecule has 5 rings (SSSR count). The van der Waals surface area contributed by atoms with Crippen LogP contribution in [-0.4, -0.2) is 25.0 Å². The van der Waals surface area contributed by atoms with Gasteiger partial charge in [0.2, 0.25) is 0 Å². The number of hydrogen-bond acceptors (Lipinski definition) is 6. The second-order valence-electron chi connectivity index (χ2n) is 9.02. The molecule has 1 aliphatic rings. The Balaban J connectivity index is 1.35. The van der Waals surface area contributed by atoms with Gasteiger partial charge in [0.25, 0.3) is 11.8 Å². The Morgan fingerprint density at radius 2 is 1.41 bits per heavy atom. The first kappa shape index (κ1) is 27.5. The average molecular weight is 569 g/mol. The molecule has 0 unspecified atom stereocenters. The first-order valence-corrected chi connectivity index (χ1v) is 13.0. The highest BCUT2D eigenvalue weighted by Gasteiger charge is 2.36. The standard InChI is InChI=1S/C32H25ClN2O6/c1-39-29-16-22(12-14-28(29)41-19-21-8-4-2-5-9-21)20-40-27-15-13-24(33)17-23(27)18-26-30(36)34-32(38)35(31(26)37)25-10-6-3-7-11-25/h2-18H,19-20H2,1H3,(H,34,36,38)/b26-18-. The number of benzene rings is 4. The third kappa shape index (κ3) is 6.40. The summed E-state index contributed by atoms with van der Waals surface area (Å²) in [7, 11) is 1.56. The third-order valence-electron chi connectivity index (χ3n) is 6.25. The van der Waals surface area contributed by atoms with Crippen molar-refractivity contribution in [3.05, 3.63) is 124 Å². The quantitative estimate of drug-likeness (QED) is 0.192. The van der Waals surface area contributed by atoms with E-state index in [1.165, 1.54) is 6.08 Å². The lowest BCUT2D eigenvalue weighted by Crippen LogP contribution is -2.54. The highest BCUT2D eigenvalue weighted by atomic mass is 35.5. The Labute approximate surface area is 241 Å². The monoisotopic (exact) mass is 568 g/mol. The Morgan fingerprint density at radius 1 is 0.756 bits per heavy atom. The van der Waals surface area contributed by atoms with Gasteiger partial charge in [0.1, 0.15) is 24.5 Å². The molecule has 0 bridgehead atoms. The Morgan fingerprint density at radius 3 is 2.15 bits per heavy atom. The molecule has 1 heterocycles. The number of urea groups is 1. The summed E-state index contributed by atoms with van der Waals surface area (Å²) in [4.78, 5) is 39.3. The summed E-state index contributed by atoms with van der Waals surface area (Å²) in [5, 5.41) is 2.60. The molecule has 4 amide bonds.